The van der Waals surface area contributed by atoms with Crippen LogP contribution in [0.4, 0.5) is 0 Å². The van der Waals surface area contributed by atoms with E-state index in [0.717, 1.165) is 74.8 Å². The summed E-state index contributed by atoms with van der Waals surface area (Å²) in [7, 11) is 0. The van der Waals surface area contributed by atoms with Gasteiger partial charge in [-0.1, -0.05) is 19.4 Å². The molecule has 0 N–H and O–H groups in total. The molecule has 6 nitrogen and oxygen atoms in total. The van der Waals surface area contributed by atoms with Gasteiger partial charge in [0.15, 0.2) is 6.10 Å². The summed E-state index contributed by atoms with van der Waals surface area (Å²) in [4.78, 5) is 23.3. The number of fused-ring (bicyclic) bond motifs is 1. The quantitative estimate of drug-likeness (QED) is 0.233. The van der Waals surface area contributed by atoms with Gasteiger partial charge in [0.05, 0.1) is 29.8 Å². The number of nitrogens with zero attached hydrogens (tertiary/aromatic N) is 2. The molecule has 2 aromatic carbocycles. The Balaban J connectivity index is 1.86. The average molecular weight is 513 g/mol. The van der Waals surface area contributed by atoms with Crippen molar-refractivity contribution in [3.63, 3.8) is 0 Å². The maximum Gasteiger partial charge on any atom is 0.339 e. The van der Waals surface area contributed by atoms with E-state index in [9.17, 15) is 4.79 Å². The van der Waals surface area contributed by atoms with E-state index in [4.69, 9.17) is 24.2 Å². The summed E-state index contributed by atoms with van der Waals surface area (Å²) in [6, 6.07) is 12.3. The Morgan fingerprint density at radius 1 is 1.13 bits per heavy atom. The Morgan fingerprint density at radius 2 is 1.95 bits per heavy atom. The van der Waals surface area contributed by atoms with Crippen LogP contribution < -0.4 is 4.74 Å². The minimum absolute atomic E-state index is 0.273. The Labute approximate surface area is 224 Å². The lowest BCUT2D eigenvalue weighted by Crippen LogP contribution is -2.32. The first-order valence-electron chi connectivity index (χ1n) is 13.5. The highest BCUT2D eigenvalue weighted by Crippen LogP contribution is 2.45. The second kappa shape index (κ2) is 10.3. The molecule has 1 atom stereocenters. The molecule has 0 aliphatic carbocycles. The van der Waals surface area contributed by atoms with Gasteiger partial charge in [-0.25, -0.2) is 4.79 Å². The van der Waals surface area contributed by atoms with Crippen LogP contribution in [0.1, 0.15) is 69.0 Å². The van der Waals surface area contributed by atoms with Crippen molar-refractivity contribution in [3.05, 3.63) is 65.0 Å². The van der Waals surface area contributed by atoms with Crippen LogP contribution in [0.2, 0.25) is 0 Å². The molecule has 0 amide bonds. The molecule has 1 aliphatic heterocycles. The van der Waals surface area contributed by atoms with Gasteiger partial charge < -0.3 is 14.2 Å². The smallest absolute Gasteiger partial charge is 0.339 e. The average Bonchev–Trinajstić information content (AvgIpc) is 2.87. The maximum absolute atomic E-state index is 13.6. The van der Waals surface area contributed by atoms with Crippen LogP contribution in [0.3, 0.4) is 0 Å². The van der Waals surface area contributed by atoms with Crippen LogP contribution in [0.15, 0.2) is 42.6 Å². The number of benzene rings is 2. The van der Waals surface area contributed by atoms with E-state index in [0.29, 0.717) is 6.61 Å². The lowest BCUT2D eigenvalue weighted by molar-refractivity contribution is -0.169. The van der Waals surface area contributed by atoms with Gasteiger partial charge in [-0.15, -0.1) is 0 Å². The van der Waals surface area contributed by atoms with Crippen molar-refractivity contribution in [2.24, 2.45) is 0 Å². The first-order chi connectivity index (χ1) is 18.2. The molecule has 1 unspecified atom stereocenters. The van der Waals surface area contributed by atoms with Gasteiger partial charge in [-0.2, -0.15) is 0 Å². The highest BCUT2D eigenvalue weighted by atomic mass is 16.6. The molecule has 4 aromatic rings. The highest BCUT2D eigenvalue weighted by Gasteiger charge is 2.35. The number of aromatic nitrogens is 2. The van der Waals surface area contributed by atoms with Crippen molar-refractivity contribution in [2.75, 3.05) is 13.2 Å². The maximum atomic E-state index is 13.6. The zero-order valence-electron chi connectivity index (χ0n) is 23.2. The Kier molecular flexibility index (Phi) is 7.10. The number of carbonyl (C=O) groups is 1. The summed E-state index contributed by atoms with van der Waals surface area (Å²) < 4.78 is 18.2. The van der Waals surface area contributed by atoms with Crippen molar-refractivity contribution in [3.8, 4) is 16.9 Å². The molecule has 0 radical (unpaired) electrons. The number of ether oxygens (including phenoxy) is 3. The van der Waals surface area contributed by atoms with Crippen molar-refractivity contribution >= 4 is 27.8 Å². The summed E-state index contributed by atoms with van der Waals surface area (Å²) in [6.07, 6.45) is 3.54. The Morgan fingerprint density at radius 3 is 2.71 bits per heavy atom. The first kappa shape index (κ1) is 26.1. The van der Waals surface area contributed by atoms with Crippen LogP contribution in [0, 0.1) is 13.8 Å². The van der Waals surface area contributed by atoms with Crippen LogP contribution in [0.25, 0.3) is 32.9 Å². The number of pyridine rings is 2. The van der Waals surface area contributed by atoms with Crippen molar-refractivity contribution < 1.29 is 19.0 Å². The molecular weight excluding hydrogens is 476 g/mol. The fourth-order valence-corrected chi connectivity index (χ4v) is 5.68. The molecule has 198 valence electrons. The standard InChI is InChI=1S/C32H36N2O4/c1-7-15-32(5,6)38-30(31(35)36-8-2)26-19(3)18-24-22(10-9-20(4)34-24)28(26)23-11-12-25-27-21(14-17-37-25)13-16-33-29(23)27/h9-13,16,18,30H,7-8,14-15,17H2,1-6H3. The fourth-order valence-electron chi connectivity index (χ4n) is 5.68. The molecule has 0 saturated carbocycles. The van der Waals surface area contributed by atoms with Gasteiger partial charge in [-0.05, 0) is 88.1 Å². The van der Waals surface area contributed by atoms with Gasteiger partial charge in [0.2, 0.25) is 0 Å². The normalized spacial score (nSPS) is 13.9. The third kappa shape index (κ3) is 4.73. The van der Waals surface area contributed by atoms with E-state index < -0.39 is 11.7 Å². The molecule has 2 aromatic heterocycles. The van der Waals surface area contributed by atoms with Gasteiger partial charge in [0.25, 0.3) is 0 Å². The summed E-state index contributed by atoms with van der Waals surface area (Å²) in [5.41, 5.74) is 6.89. The van der Waals surface area contributed by atoms with Crippen molar-refractivity contribution in [2.45, 2.75) is 72.5 Å². The molecule has 0 saturated heterocycles. The number of esters is 1. The topological polar surface area (TPSA) is 70.5 Å². The monoisotopic (exact) mass is 512 g/mol. The second-order valence-electron chi connectivity index (χ2n) is 10.7. The summed E-state index contributed by atoms with van der Waals surface area (Å²) in [6.45, 7) is 12.9. The van der Waals surface area contributed by atoms with E-state index in [1.54, 1.807) is 0 Å². The predicted octanol–water partition coefficient (Wildman–Crippen LogP) is 7.20. The summed E-state index contributed by atoms with van der Waals surface area (Å²) in [5.74, 6) is 0.451. The lowest BCUT2D eigenvalue weighted by Gasteiger charge is -2.32. The van der Waals surface area contributed by atoms with E-state index in [2.05, 4.69) is 25.1 Å². The largest absolute Gasteiger partial charge is 0.493 e. The van der Waals surface area contributed by atoms with Crippen LogP contribution >= 0.6 is 0 Å². The zero-order chi connectivity index (χ0) is 27.0. The number of aryl methyl sites for hydroxylation is 2. The first-order valence-corrected chi connectivity index (χ1v) is 13.5. The second-order valence-corrected chi connectivity index (χ2v) is 10.7. The lowest BCUT2D eigenvalue weighted by atomic mass is 9.86. The van der Waals surface area contributed by atoms with E-state index in [1.165, 1.54) is 5.56 Å². The van der Waals surface area contributed by atoms with Crippen LogP contribution in [-0.4, -0.2) is 34.8 Å². The van der Waals surface area contributed by atoms with Crippen LogP contribution in [0.5, 0.6) is 5.75 Å². The minimum atomic E-state index is -0.903. The Hall–Kier alpha value is -3.51. The molecule has 0 spiro atoms. The third-order valence-corrected chi connectivity index (χ3v) is 7.27. The molecule has 3 heterocycles. The number of hydrogen-bond donors (Lipinski definition) is 0. The molecule has 38 heavy (non-hydrogen) atoms. The molecular formula is C32H36N2O4. The van der Waals surface area contributed by atoms with Gasteiger partial charge >= 0.3 is 5.97 Å². The molecule has 1 aliphatic rings. The number of hydrogen-bond acceptors (Lipinski definition) is 6. The summed E-state index contributed by atoms with van der Waals surface area (Å²) >= 11 is 0. The zero-order valence-corrected chi connectivity index (χ0v) is 23.2. The van der Waals surface area contributed by atoms with E-state index in [-0.39, 0.29) is 12.6 Å². The number of carbonyl (C=O) groups excluding carboxylic acids is 1. The summed E-state index contributed by atoms with van der Waals surface area (Å²) in [5, 5.41) is 1.97. The molecule has 0 bridgehead atoms. The molecule has 6 heteroatoms. The van der Waals surface area contributed by atoms with Gasteiger partial charge in [0, 0.05) is 40.2 Å². The van der Waals surface area contributed by atoms with Gasteiger partial charge in [0.1, 0.15) is 5.75 Å². The van der Waals surface area contributed by atoms with E-state index in [1.807, 2.05) is 59.0 Å². The SMILES string of the molecule is CCCC(C)(C)OC(C(=O)OCC)c1c(C)cc2nc(C)ccc2c1-c1ccc2c3c(ccnc13)CCO2. The predicted molar refractivity (Wildman–Crippen MR) is 151 cm³/mol. The van der Waals surface area contributed by atoms with Crippen LogP contribution in [-0.2, 0) is 20.7 Å². The van der Waals surface area contributed by atoms with Crippen molar-refractivity contribution in [1.82, 2.24) is 9.97 Å². The third-order valence-electron chi connectivity index (χ3n) is 7.27. The van der Waals surface area contributed by atoms with E-state index >= 15 is 0 Å². The number of rotatable bonds is 8. The Bertz CT molecular complexity index is 1520. The van der Waals surface area contributed by atoms with Gasteiger partial charge in [-0.3, -0.25) is 9.97 Å². The molecule has 0 fully saturated rings. The minimum Gasteiger partial charge on any atom is -0.493 e. The van der Waals surface area contributed by atoms with Crippen molar-refractivity contribution in [1.29, 1.82) is 0 Å². The highest BCUT2D eigenvalue weighted by molar-refractivity contribution is 6.08. The fraction of sp³-hybridized carbons (Fsp3) is 0.406. The molecule has 5 rings (SSSR count).